The van der Waals surface area contributed by atoms with Gasteiger partial charge in [0.25, 0.3) is 0 Å². The summed E-state index contributed by atoms with van der Waals surface area (Å²) in [6, 6.07) is 0. The summed E-state index contributed by atoms with van der Waals surface area (Å²) in [4.78, 5) is 0. The quantitative estimate of drug-likeness (QED) is 0.759. The molecule has 114 valence electrons. The normalized spacial score (nSPS) is 46.5. The third-order valence-corrected chi connectivity index (χ3v) is 5.75. The molecule has 0 aromatic rings. The second-order valence-electron chi connectivity index (χ2n) is 7.58. The molecular weight excluding hydrogens is 256 g/mol. The molecule has 3 aliphatic rings. The minimum atomic E-state index is -0.427. The maximum Gasteiger partial charge on any atom is 0.164 e. The molecule has 3 rings (SSSR count). The average Bonchev–Trinajstić information content (AvgIpc) is 2.76. The molecule has 0 aromatic heterocycles. The molecule has 2 fully saturated rings. The molecule has 0 radical (unpaired) electrons. The molecule has 1 unspecified atom stereocenters. The van der Waals surface area contributed by atoms with Gasteiger partial charge >= 0.3 is 0 Å². The van der Waals surface area contributed by atoms with Gasteiger partial charge in [-0.1, -0.05) is 26.3 Å². The van der Waals surface area contributed by atoms with Gasteiger partial charge in [-0.25, -0.2) is 0 Å². The number of rotatable bonds is 2. The van der Waals surface area contributed by atoms with Crippen LogP contribution >= 0.6 is 0 Å². The van der Waals surface area contributed by atoms with Crippen molar-refractivity contribution in [3.05, 3.63) is 11.1 Å². The van der Waals surface area contributed by atoms with E-state index < -0.39 is 6.10 Å². The molecule has 1 saturated carbocycles. The van der Waals surface area contributed by atoms with E-state index in [-0.39, 0.29) is 35.7 Å². The number of methoxy groups -OCH3 is 1. The predicted octanol–water partition coefficient (Wildman–Crippen LogP) is 1.85. The van der Waals surface area contributed by atoms with Crippen LogP contribution in [0.4, 0.5) is 0 Å². The zero-order valence-corrected chi connectivity index (χ0v) is 12.8. The van der Waals surface area contributed by atoms with Crippen LogP contribution in [0.2, 0.25) is 0 Å². The number of hydrogen-bond donors (Lipinski definition) is 2. The zero-order chi connectivity index (χ0) is 14.7. The van der Waals surface area contributed by atoms with E-state index in [0.717, 1.165) is 24.8 Å². The van der Waals surface area contributed by atoms with Crippen LogP contribution in [0.25, 0.3) is 0 Å². The second kappa shape index (κ2) is 4.54. The Bertz CT molecular complexity index is 442. The van der Waals surface area contributed by atoms with E-state index in [1.807, 2.05) is 0 Å². The number of aliphatic hydroxyl groups excluding tert-OH is 2. The SMILES string of the molecule is CO[C@@H]1O[C@H]2C[C@@H]1C(CO)=C1CC(C)(C)C[C@H](O)C12C. The van der Waals surface area contributed by atoms with E-state index in [2.05, 4.69) is 20.8 Å². The van der Waals surface area contributed by atoms with Gasteiger partial charge in [0.1, 0.15) is 0 Å². The van der Waals surface area contributed by atoms with E-state index in [1.54, 1.807) is 7.11 Å². The maximum absolute atomic E-state index is 10.8. The molecule has 4 nitrogen and oxygen atoms in total. The Kier molecular flexibility index (Phi) is 3.29. The minimum Gasteiger partial charge on any atom is -0.392 e. The van der Waals surface area contributed by atoms with E-state index in [4.69, 9.17) is 9.47 Å². The minimum absolute atomic E-state index is 0.00569. The first-order chi connectivity index (χ1) is 9.33. The third-order valence-electron chi connectivity index (χ3n) is 5.75. The Morgan fingerprint density at radius 1 is 1.35 bits per heavy atom. The predicted molar refractivity (Wildman–Crippen MR) is 75.0 cm³/mol. The summed E-state index contributed by atoms with van der Waals surface area (Å²) in [7, 11) is 1.65. The Balaban J connectivity index is 2.11. The second-order valence-corrected chi connectivity index (χ2v) is 7.58. The van der Waals surface area contributed by atoms with Crippen LogP contribution in [0, 0.1) is 16.7 Å². The number of aliphatic hydroxyl groups is 2. The van der Waals surface area contributed by atoms with Crippen LogP contribution < -0.4 is 0 Å². The molecule has 1 heterocycles. The van der Waals surface area contributed by atoms with Gasteiger partial charge in [0.15, 0.2) is 6.29 Å². The summed E-state index contributed by atoms with van der Waals surface area (Å²) >= 11 is 0. The van der Waals surface area contributed by atoms with E-state index in [0.29, 0.717) is 0 Å². The Morgan fingerprint density at radius 2 is 2.05 bits per heavy atom. The molecule has 2 N–H and O–H groups in total. The van der Waals surface area contributed by atoms with Crippen molar-refractivity contribution in [3.8, 4) is 0 Å². The van der Waals surface area contributed by atoms with Gasteiger partial charge < -0.3 is 19.7 Å². The highest BCUT2D eigenvalue weighted by molar-refractivity contribution is 5.36. The first-order valence-electron chi connectivity index (χ1n) is 7.53. The van der Waals surface area contributed by atoms with Gasteiger partial charge in [-0.15, -0.1) is 0 Å². The van der Waals surface area contributed by atoms with Crippen molar-refractivity contribution in [1.82, 2.24) is 0 Å². The molecule has 20 heavy (non-hydrogen) atoms. The molecule has 1 aliphatic heterocycles. The van der Waals surface area contributed by atoms with Crippen LogP contribution in [0.3, 0.4) is 0 Å². The van der Waals surface area contributed by atoms with Gasteiger partial charge in [-0.05, 0) is 30.3 Å². The standard InChI is InChI=1S/C16H26O4/c1-15(2)6-11-10(8-17)9-5-13(20-14(9)19-4)16(11,3)12(18)7-15/h9,12-14,17-18H,5-8H2,1-4H3/t9-,12+,13+,14-,16?/m1/s1. The molecule has 0 amide bonds. The van der Waals surface area contributed by atoms with Crippen LogP contribution in [-0.4, -0.2) is 42.4 Å². The number of fused-ring (bicyclic) bond motifs is 4. The van der Waals surface area contributed by atoms with Crippen molar-refractivity contribution in [2.75, 3.05) is 13.7 Å². The molecule has 0 aromatic carbocycles. The number of ether oxygens (including phenoxy) is 2. The Labute approximate surface area is 120 Å². The summed E-state index contributed by atoms with van der Waals surface area (Å²) in [5.74, 6) is 0.138. The first-order valence-corrected chi connectivity index (χ1v) is 7.53. The van der Waals surface area contributed by atoms with Gasteiger partial charge in [0.05, 0.1) is 18.8 Å². The third kappa shape index (κ3) is 1.82. The van der Waals surface area contributed by atoms with Crippen LogP contribution in [-0.2, 0) is 9.47 Å². The summed E-state index contributed by atoms with van der Waals surface area (Å²) < 4.78 is 11.5. The first kappa shape index (κ1) is 14.5. The summed E-state index contributed by atoms with van der Waals surface area (Å²) in [5, 5.41) is 20.6. The average molecular weight is 282 g/mol. The van der Waals surface area contributed by atoms with E-state index in [9.17, 15) is 10.2 Å². The van der Waals surface area contributed by atoms with Gasteiger partial charge in [-0.3, -0.25) is 0 Å². The fourth-order valence-electron chi connectivity index (χ4n) is 4.55. The Hall–Kier alpha value is -0.420. The van der Waals surface area contributed by atoms with Crippen molar-refractivity contribution in [3.63, 3.8) is 0 Å². The maximum atomic E-state index is 10.8. The fourth-order valence-corrected chi connectivity index (χ4v) is 4.55. The number of hydrogen-bond acceptors (Lipinski definition) is 4. The van der Waals surface area contributed by atoms with Crippen molar-refractivity contribution >= 4 is 0 Å². The summed E-state index contributed by atoms with van der Waals surface area (Å²) in [6.45, 7) is 6.50. The van der Waals surface area contributed by atoms with Crippen LogP contribution in [0.1, 0.15) is 40.0 Å². The lowest BCUT2D eigenvalue weighted by Gasteiger charge is -2.52. The summed E-state index contributed by atoms with van der Waals surface area (Å²) in [6.07, 6.45) is 1.81. The lowest BCUT2D eigenvalue weighted by molar-refractivity contribution is -0.161. The molecule has 2 aliphatic carbocycles. The molecule has 2 bridgehead atoms. The highest BCUT2D eigenvalue weighted by Crippen LogP contribution is 2.59. The van der Waals surface area contributed by atoms with E-state index in [1.165, 1.54) is 5.57 Å². The van der Waals surface area contributed by atoms with Crippen LogP contribution in [0.5, 0.6) is 0 Å². The molecule has 4 heteroatoms. The Morgan fingerprint density at radius 3 is 2.65 bits per heavy atom. The molecule has 0 spiro atoms. The van der Waals surface area contributed by atoms with Crippen molar-refractivity contribution in [2.45, 2.75) is 58.5 Å². The van der Waals surface area contributed by atoms with Gasteiger partial charge in [0, 0.05) is 18.4 Å². The molecule has 1 saturated heterocycles. The molecular formula is C16H26O4. The van der Waals surface area contributed by atoms with E-state index >= 15 is 0 Å². The summed E-state index contributed by atoms with van der Waals surface area (Å²) in [5.41, 5.74) is 1.94. The fraction of sp³-hybridized carbons (Fsp3) is 0.875. The van der Waals surface area contributed by atoms with Gasteiger partial charge in [-0.2, -0.15) is 0 Å². The lowest BCUT2D eigenvalue weighted by atomic mass is 9.54. The van der Waals surface area contributed by atoms with Crippen LogP contribution in [0.15, 0.2) is 11.1 Å². The monoisotopic (exact) mass is 282 g/mol. The van der Waals surface area contributed by atoms with Crippen molar-refractivity contribution < 1.29 is 19.7 Å². The highest BCUT2D eigenvalue weighted by Gasteiger charge is 2.59. The molecule has 5 atom stereocenters. The lowest BCUT2D eigenvalue weighted by Crippen LogP contribution is -2.52. The largest absolute Gasteiger partial charge is 0.392 e. The smallest absolute Gasteiger partial charge is 0.164 e. The van der Waals surface area contributed by atoms with Crippen molar-refractivity contribution in [1.29, 1.82) is 0 Å². The highest BCUT2D eigenvalue weighted by atomic mass is 16.7. The topological polar surface area (TPSA) is 58.9 Å². The van der Waals surface area contributed by atoms with Gasteiger partial charge in [0.2, 0.25) is 0 Å². The van der Waals surface area contributed by atoms with Crippen molar-refractivity contribution in [2.24, 2.45) is 16.7 Å². The zero-order valence-electron chi connectivity index (χ0n) is 12.8.